The Balaban J connectivity index is 2.11. The number of nitrogens with two attached hydrogens (primary N) is 1. The van der Waals surface area contributed by atoms with Crippen LogP contribution in [-0.4, -0.2) is 32.9 Å². The Kier molecular flexibility index (Phi) is 2.93. The number of benzene rings is 1. The lowest BCUT2D eigenvalue weighted by atomic mass is 9.94. The zero-order chi connectivity index (χ0) is 14.3. The molecule has 0 bridgehead atoms. The summed E-state index contributed by atoms with van der Waals surface area (Å²) >= 11 is 0. The predicted octanol–water partition coefficient (Wildman–Crippen LogP) is 1.59. The van der Waals surface area contributed by atoms with E-state index < -0.39 is 5.82 Å². The predicted molar refractivity (Wildman–Crippen MR) is 71.3 cm³/mol. The quantitative estimate of drug-likeness (QED) is 0.843. The van der Waals surface area contributed by atoms with Crippen molar-refractivity contribution in [3.63, 3.8) is 0 Å². The molecule has 1 fully saturated rings. The van der Waals surface area contributed by atoms with Crippen LogP contribution in [0.25, 0.3) is 11.4 Å². The highest BCUT2D eigenvalue weighted by Crippen LogP contribution is 2.35. The number of rotatable bonds is 2. The molecule has 6 nitrogen and oxygen atoms in total. The number of nitrogen functional groups attached to an aromatic ring is 1. The summed E-state index contributed by atoms with van der Waals surface area (Å²) in [4.78, 5) is 0. The Bertz CT molecular complexity index is 643. The van der Waals surface area contributed by atoms with Gasteiger partial charge in [-0.25, -0.2) is 9.07 Å². The third kappa shape index (κ3) is 1.85. The summed E-state index contributed by atoms with van der Waals surface area (Å²) in [6, 6.07) is 4.50. The van der Waals surface area contributed by atoms with Crippen LogP contribution in [0, 0.1) is 5.82 Å². The second-order valence-electron chi connectivity index (χ2n) is 5.27. The maximum atomic E-state index is 14.1. The Labute approximate surface area is 115 Å². The van der Waals surface area contributed by atoms with Crippen molar-refractivity contribution in [2.45, 2.75) is 31.9 Å². The third-order valence-electron chi connectivity index (χ3n) is 4.04. The highest BCUT2D eigenvalue weighted by Gasteiger charge is 2.42. The molecule has 3 rings (SSSR count). The first-order chi connectivity index (χ1) is 9.52. The molecule has 1 aliphatic rings. The van der Waals surface area contributed by atoms with Gasteiger partial charge in [0.1, 0.15) is 5.82 Å². The number of halogens is 1. The fourth-order valence-electron chi connectivity index (χ4n) is 2.52. The first-order valence-electron chi connectivity index (χ1n) is 6.48. The molecule has 2 unspecified atom stereocenters. The molecule has 1 aromatic heterocycles. The van der Waals surface area contributed by atoms with E-state index in [1.165, 1.54) is 6.07 Å². The van der Waals surface area contributed by atoms with Crippen molar-refractivity contribution in [2.24, 2.45) is 0 Å². The lowest BCUT2D eigenvalue weighted by Gasteiger charge is -2.28. The Hall–Kier alpha value is -2.02. The van der Waals surface area contributed by atoms with E-state index in [0.29, 0.717) is 23.7 Å². The van der Waals surface area contributed by atoms with Crippen molar-refractivity contribution in [3.8, 4) is 11.4 Å². The number of hydrogen-bond donors (Lipinski definition) is 1. The molecule has 1 aromatic carbocycles. The molecule has 0 saturated carbocycles. The minimum Gasteiger partial charge on any atom is -0.399 e. The number of tetrazole rings is 1. The monoisotopic (exact) mass is 277 g/mol. The van der Waals surface area contributed by atoms with Gasteiger partial charge in [-0.15, -0.1) is 5.10 Å². The molecule has 0 amide bonds. The van der Waals surface area contributed by atoms with Crippen LogP contribution in [0.1, 0.15) is 20.3 Å². The molecule has 106 valence electrons. The SMILES string of the molecule is CC1OCCC1(C)n1nnnc1-c1ccc(N)cc1F. The van der Waals surface area contributed by atoms with E-state index in [4.69, 9.17) is 10.5 Å². The number of hydrogen-bond acceptors (Lipinski definition) is 5. The lowest BCUT2D eigenvalue weighted by molar-refractivity contribution is 0.0706. The first-order valence-corrected chi connectivity index (χ1v) is 6.48. The van der Waals surface area contributed by atoms with Gasteiger partial charge in [-0.05, 0) is 48.9 Å². The molecule has 2 N–H and O–H groups in total. The molecule has 20 heavy (non-hydrogen) atoms. The van der Waals surface area contributed by atoms with E-state index >= 15 is 0 Å². The molecule has 7 heteroatoms. The number of nitrogens with zero attached hydrogens (tertiary/aromatic N) is 4. The fourth-order valence-corrected chi connectivity index (χ4v) is 2.52. The summed E-state index contributed by atoms with van der Waals surface area (Å²) in [7, 11) is 0. The van der Waals surface area contributed by atoms with Crippen molar-refractivity contribution < 1.29 is 9.13 Å². The zero-order valence-corrected chi connectivity index (χ0v) is 11.4. The van der Waals surface area contributed by atoms with Crippen molar-refractivity contribution in [1.29, 1.82) is 0 Å². The molecule has 0 aliphatic carbocycles. The van der Waals surface area contributed by atoms with Gasteiger partial charge in [0.05, 0.1) is 17.2 Å². The van der Waals surface area contributed by atoms with Crippen molar-refractivity contribution in [3.05, 3.63) is 24.0 Å². The first kappa shape index (κ1) is 13.0. The van der Waals surface area contributed by atoms with Crippen LogP contribution in [0.15, 0.2) is 18.2 Å². The fraction of sp³-hybridized carbons (Fsp3) is 0.462. The zero-order valence-electron chi connectivity index (χ0n) is 11.4. The van der Waals surface area contributed by atoms with Crippen molar-refractivity contribution in [1.82, 2.24) is 20.2 Å². The van der Waals surface area contributed by atoms with Crippen LogP contribution in [0.4, 0.5) is 10.1 Å². The molecule has 2 heterocycles. The van der Waals surface area contributed by atoms with Gasteiger partial charge < -0.3 is 10.5 Å². The third-order valence-corrected chi connectivity index (χ3v) is 4.04. The lowest BCUT2D eigenvalue weighted by Crippen LogP contribution is -2.38. The normalized spacial score (nSPS) is 26.1. The minimum absolute atomic E-state index is 0.0402. The second-order valence-corrected chi connectivity index (χ2v) is 5.27. The van der Waals surface area contributed by atoms with Gasteiger partial charge >= 0.3 is 0 Å². The number of anilines is 1. The van der Waals surface area contributed by atoms with Gasteiger partial charge in [0.25, 0.3) is 0 Å². The molecule has 2 atom stereocenters. The second kappa shape index (κ2) is 4.52. The van der Waals surface area contributed by atoms with Crippen molar-refractivity contribution >= 4 is 5.69 Å². The molecule has 2 aromatic rings. The maximum absolute atomic E-state index is 14.1. The van der Waals surface area contributed by atoms with Crippen LogP contribution in [-0.2, 0) is 10.3 Å². The maximum Gasteiger partial charge on any atom is 0.185 e. The molecular weight excluding hydrogens is 261 g/mol. The van der Waals surface area contributed by atoms with E-state index in [2.05, 4.69) is 15.5 Å². The molecular formula is C13H16FN5O. The Morgan fingerprint density at radius 3 is 2.95 bits per heavy atom. The molecule has 0 spiro atoms. The highest BCUT2D eigenvalue weighted by molar-refractivity contribution is 5.59. The summed E-state index contributed by atoms with van der Waals surface area (Å²) in [6.07, 6.45) is 0.740. The van der Waals surface area contributed by atoms with Gasteiger partial charge in [0, 0.05) is 12.3 Å². The Morgan fingerprint density at radius 2 is 2.30 bits per heavy atom. The van der Waals surface area contributed by atoms with Gasteiger partial charge in [0.15, 0.2) is 5.82 Å². The van der Waals surface area contributed by atoms with Gasteiger partial charge in [-0.3, -0.25) is 0 Å². The van der Waals surface area contributed by atoms with Crippen LogP contribution in [0.2, 0.25) is 0 Å². The summed E-state index contributed by atoms with van der Waals surface area (Å²) in [6.45, 7) is 4.62. The van der Waals surface area contributed by atoms with Gasteiger partial charge in [-0.1, -0.05) is 0 Å². The smallest absolute Gasteiger partial charge is 0.185 e. The molecule has 1 aliphatic heterocycles. The van der Waals surface area contributed by atoms with Crippen LogP contribution in [0.3, 0.4) is 0 Å². The Morgan fingerprint density at radius 1 is 1.50 bits per heavy atom. The van der Waals surface area contributed by atoms with E-state index in [9.17, 15) is 4.39 Å². The van der Waals surface area contributed by atoms with Gasteiger partial charge in [0.2, 0.25) is 0 Å². The summed E-state index contributed by atoms with van der Waals surface area (Å²) in [5, 5.41) is 11.7. The average molecular weight is 277 g/mol. The van der Waals surface area contributed by atoms with Crippen molar-refractivity contribution in [2.75, 3.05) is 12.3 Å². The van der Waals surface area contributed by atoms with E-state index in [1.807, 2.05) is 13.8 Å². The molecule has 0 radical (unpaired) electrons. The van der Waals surface area contributed by atoms with E-state index in [-0.39, 0.29) is 11.6 Å². The molecule has 1 saturated heterocycles. The average Bonchev–Trinajstić information content (AvgIpc) is 2.99. The number of aromatic nitrogens is 4. The summed E-state index contributed by atoms with van der Waals surface area (Å²) in [5.74, 6) is -0.0430. The van der Waals surface area contributed by atoms with Crippen LogP contribution < -0.4 is 5.73 Å². The summed E-state index contributed by atoms with van der Waals surface area (Å²) < 4.78 is 21.3. The van der Waals surface area contributed by atoms with E-state index in [0.717, 1.165) is 6.42 Å². The van der Waals surface area contributed by atoms with E-state index in [1.54, 1.807) is 16.8 Å². The standard InChI is InChI=1S/C13H16FN5O/c1-8-13(2,5-6-20-8)19-12(16-17-18-19)10-4-3-9(15)7-11(10)14/h3-4,7-8H,5-6,15H2,1-2H3. The van der Waals surface area contributed by atoms with Gasteiger partial charge in [-0.2, -0.15) is 0 Å². The van der Waals surface area contributed by atoms with Crippen LogP contribution >= 0.6 is 0 Å². The highest BCUT2D eigenvalue weighted by atomic mass is 19.1. The number of ether oxygens (including phenoxy) is 1. The topological polar surface area (TPSA) is 78.8 Å². The van der Waals surface area contributed by atoms with Crippen LogP contribution in [0.5, 0.6) is 0 Å². The largest absolute Gasteiger partial charge is 0.399 e. The summed E-state index contributed by atoms with van der Waals surface area (Å²) in [5.41, 5.74) is 5.90. The minimum atomic E-state index is -0.434.